The number of benzene rings is 1. The van der Waals surface area contributed by atoms with Crippen LogP contribution in [0.4, 0.5) is 0 Å². The zero-order chi connectivity index (χ0) is 22.4. The zero-order valence-electron chi connectivity index (χ0n) is 18.1. The van der Waals surface area contributed by atoms with Crippen LogP contribution in [0.25, 0.3) is 16.7 Å². The lowest BCUT2D eigenvalue weighted by Crippen LogP contribution is -2.45. The van der Waals surface area contributed by atoms with Gasteiger partial charge in [0.05, 0.1) is 17.9 Å². The van der Waals surface area contributed by atoms with Crippen LogP contribution in [0.1, 0.15) is 25.3 Å². The Hall–Kier alpha value is -2.36. The van der Waals surface area contributed by atoms with E-state index in [4.69, 9.17) is 16.6 Å². The Balaban J connectivity index is 1.40. The fourth-order valence-electron chi connectivity index (χ4n) is 4.48. The van der Waals surface area contributed by atoms with Crippen LogP contribution in [0.5, 0.6) is 0 Å². The van der Waals surface area contributed by atoms with E-state index in [0.717, 1.165) is 31.6 Å². The van der Waals surface area contributed by atoms with Crippen molar-refractivity contribution in [2.45, 2.75) is 36.5 Å². The van der Waals surface area contributed by atoms with Crippen molar-refractivity contribution in [3.05, 3.63) is 45.8 Å². The first-order valence-electron chi connectivity index (χ1n) is 10.8. The summed E-state index contributed by atoms with van der Waals surface area (Å²) in [6.45, 7) is 2.01. The average Bonchev–Trinajstić information content (AvgIpc) is 3.39. The van der Waals surface area contributed by atoms with Crippen molar-refractivity contribution < 1.29 is 4.79 Å². The third-order valence-corrected chi connectivity index (χ3v) is 7.83. The third kappa shape index (κ3) is 3.82. The molecule has 1 unspecified atom stereocenters. The number of halogens is 1. The van der Waals surface area contributed by atoms with Crippen LogP contribution in [0, 0.1) is 0 Å². The van der Waals surface area contributed by atoms with E-state index in [9.17, 15) is 9.59 Å². The van der Waals surface area contributed by atoms with Gasteiger partial charge in [0.15, 0.2) is 10.8 Å². The topological polar surface area (TPSA) is 76.3 Å². The molecule has 8 nitrogen and oxygen atoms in total. The maximum absolute atomic E-state index is 13.3. The molecular formula is C22H25ClN6O2S. The highest BCUT2D eigenvalue weighted by atomic mass is 35.5. The smallest absolute Gasteiger partial charge is 0.265 e. The molecule has 1 aromatic carbocycles. The molecule has 1 fully saturated rings. The van der Waals surface area contributed by atoms with Gasteiger partial charge in [-0.05, 0) is 57.2 Å². The Morgan fingerprint density at radius 3 is 2.69 bits per heavy atom. The lowest BCUT2D eigenvalue weighted by Gasteiger charge is -2.35. The van der Waals surface area contributed by atoms with Crippen molar-refractivity contribution in [1.82, 2.24) is 29.1 Å². The van der Waals surface area contributed by atoms with Gasteiger partial charge < -0.3 is 9.80 Å². The fourth-order valence-corrected chi connectivity index (χ4v) is 5.74. The SMILES string of the molecule is CN1CCC(N(C)C(=O)CC2CSc3nc4c(cnn4-c4ccc(Cl)cc4)c(=O)n32)CC1. The molecule has 2 aliphatic rings. The number of thioether (sulfide) groups is 1. The van der Waals surface area contributed by atoms with Gasteiger partial charge in [0.1, 0.15) is 5.39 Å². The average molecular weight is 473 g/mol. The molecule has 0 bridgehead atoms. The van der Waals surface area contributed by atoms with E-state index < -0.39 is 0 Å². The van der Waals surface area contributed by atoms with Crippen molar-refractivity contribution in [3.63, 3.8) is 0 Å². The largest absolute Gasteiger partial charge is 0.343 e. The molecule has 0 spiro atoms. The monoisotopic (exact) mass is 472 g/mol. The Bertz CT molecular complexity index is 1220. The molecule has 32 heavy (non-hydrogen) atoms. The highest BCUT2D eigenvalue weighted by Crippen LogP contribution is 2.34. The standard InChI is InChI=1S/C22H25ClN6O2S/c1-26-9-7-15(8-10-26)27(2)19(30)11-17-13-32-22-25-20-18(21(31)28(17)22)12-24-29(20)16-5-3-14(23)4-6-16/h3-6,12,15,17H,7-11,13H2,1-2H3. The second kappa shape index (κ2) is 8.53. The van der Waals surface area contributed by atoms with Crippen LogP contribution < -0.4 is 5.56 Å². The van der Waals surface area contributed by atoms with Gasteiger partial charge in [-0.3, -0.25) is 14.2 Å². The number of piperidine rings is 1. The maximum Gasteiger partial charge on any atom is 0.265 e. The van der Waals surface area contributed by atoms with Gasteiger partial charge in [-0.25, -0.2) is 9.67 Å². The number of carbonyl (C=O) groups is 1. The number of amides is 1. The van der Waals surface area contributed by atoms with Gasteiger partial charge >= 0.3 is 0 Å². The maximum atomic E-state index is 13.3. The van der Waals surface area contributed by atoms with Gasteiger partial charge in [-0.2, -0.15) is 5.10 Å². The summed E-state index contributed by atoms with van der Waals surface area (Å²) in [4.78, 5) is 35.3. The Kier molecular flexibility index (Phi) is 5.73. The van der Waals surface area contributed by atoms with Gasteiger partial charge in [-0.1, -0.05) is 23.4 Å². The minimum absolute atomic E-state index is 0.0851. The van der Waals surface area contributed by atoms with E-state index in [2.05, 4.69) is 17.0 Å². The van der Waals surface area contributed by atoms with Crippen molar-refractivity contribution in [1.29, 1.82) is 0 Å². The molecule has 0 aliphatic carbocycles. The molecule has 0 saturated carbocycles. The molecule has 1 amide bonds. The highest BCUT2D eigenvalue weighted by Gasteiger charge is 2.32. The van der Waals surface area contributed by atoms with E-state index in [1.54, 1.807) is 27.6 Å². The summed E-state index contributed by atoms with van der Waals surface area (Å²) in [6.07, 6.45) is 3.84. The predicted molar refractivity (Wildman–Crippen MR) is 126 cm³/mol. The molecule has 2 aliphatic heterocycles. The fraction of sp³-hybridized carbons (Fsp3) is 0.455. The zero-order valence-corrected chi connectivity index (χ0v) is 19.6. The first-order valence-corrected chi connectivity index (χ1v) is 12.1. The normalized spacial score (nSPS) is 19.4. The van der Waals surface area contributed by atoms with Crippen molar-refractivity contribution in [2.24, 2.45) is 0 Å². The summed E-state index contributed by atoms with van der Waals surface area (Å²) in [6, 6.07) is 7.31. The van der Waals surface area contributed by atoms with Crippen LogP contribution in [-0.4, -0.2) is 74.0 Å². The number of nitrogens with zero attached hydrogens (tertiary/aromatic N) is 6. The molecule has 168 valence electrons. The van der Waals surface area contributed by atoms with Crippen LogP contribution in [0.3, 0.4) is 0 Å². The van der Waals surface area contributed by atoms with E-state index >= 15 is 0 Å². The number of carbonyl (C=O) groups excluding carboxylic acids is 1. The molecule has 3 aromatic rings. The van der Waals surface area contributed by atoms with Gasteiger partial charge in [0, 0.05) is 30.3 Å². The summed E-state index contributed by atoms with van der Waals surface area (Å²) in [5.41, 5.74) is 1.16. The number of hydrogen-bond acceptors (Lipinski definition) is 6. The quantitative estimate of drug-likeness (QED) is 0.543. The molecule has 4 heterocycles. The lowest BCUT2D eigenvalue weighted by atomic mass is 10.0. The summed E-state index contributed by atoms with van der Waals surface area (Å²) in [5, 5.41) is 6.11. The molecule has 0 radical (unpaired) electrons. The molecule has 10 heteroatoms. The van der Waals surface area contributed by atoms with Gasteiger partial charge in [0.25, 0.3) is 5.56 Å². The molecule has 5 rings (SSSR count). The Morgan fingerprint density at radius 2 is 1.97 bits per heavy atom. The minimum atomic E-state index is -0.195. The summed E-state index contributed by atoms with van der Waals surface area (Å²) >= 11 is 7.51. The number of likely N-dealkylation sites (tertiary alicyclic amines) is 1. The van der Waals surface area contributed by atoms with E-state index in [0.29, 0.717) is 33.4 Å². The van der Waals surface area contributed by atoms with E-state index in [1.807, 2.05) is 24.1 Å². The van der Waals surface area contributed by atoms with Crippen molar-refractivity contribution in [3.8, 4) is 5.69 Å². The van der Waals surface area contributed by atoms with E-state index in [1.165, 1.54) is 11.8 Å². The van der Waals surface area contributed by atoms with E-state index in [-0.39, 0.29) is 23.6 Å². The number of rotatable bonds is 4. The highest BCUT2D eigenvalue weighted by molar-refractivity contribution is 7.99. The van der Waals surface area contributed by atoms with Crippen LogP contribution >= 0.6 is 23.4 Å². The molecule has 1 atom stereocenters. The second-order valence-corrected chi connectivity index (χ2v) is 9.97. The number of aromatic nitrogens is 4. The predicted octanol–water partition coefficient (Wildman–Crippen LogP) is 2.83. The molecule has 0 N–H and O–H groups in total. The number of fused-ring (bicyclic) bond motifs is 2. The lowest BCUT2D eigenvalue weighted by molar-refractivity contribution is -0.133. The van der Waals surface area contributed by atoms with Crippen molar-refractivity contribution in [2.75, 3.05) is 32.9 Å². The first kappa shape index (κ1) is 21.5. The van der Waals surface area contributed by atoms with Crippen molar-refractivity contribution >= 4 is 40.3 Å². The minimum Gasteiger partial charge on any atom is -0.343 e. The Labute approximate surface area is 195 Å². The summed E-state index contributed by atoms with van der Waals surface area (Å²) in [5.74, 6) is 0.748. The van der Waals surface area contributed by atoms with Gasteiger partial charge in [0.2, 0.25) is 5.91 Å². The molecule has 1 saturated heterocycles. The number of hydrogen-bond donors (Lipinski definition) is 0. The van der Waals surface area contributed by atoms with Crippen LogP contribution in [0.15, 0.2) is 40.4 Å². The van der Waals surface area contributed by atoms with Gasteiger partial charge in [-0.15, -0.1) is 0 Å². The summed E-state index contributed by atoms with van der Waals surface area (Å²) < 4.78 is 3.34. The van der Waals surface area contributed by atoms with Crippen LogP contribution in [-0.2, 0) is 4.79 Å². The molecule has 2 aromatic heterocycles. The Morgan fingerprint density at radius 1 is 1.25 bits per heavy atom. The first-order chi connectivity index (χ1) is 15.4. The molecular weight excluding hydrogens is 448 g/mol. The third-order valence-electron chi connectivity index (χ3n) is 6.48. The second-order valence-electron chi connectivity index (χ2n) is 8.55. The summed E-state index contributed by atoms with van der Waals surface area (Å²) in [7, 11) is 4.00. The van der Waals surface area contributed by atoms with Crippen LogP contribution in [0.2, 0.25) is 5.02 Å².